The van der Waals surface area contributed by atoms with Crippen LogP contribution < -0.4 is 0 Å². The molecule has 2 aliphatic rings. The lowest BCUT2D eigenvalue weighted by Gasteiger charge is -2.30. The highest BCUT2D eigenvalue weighted by Crippen LogP contribution is 2.63. The Morgan fingerprint density at radius 3 is 1.13 bits per heavy atom. The van der Waals surface area contributed by atoms with Gasteiger partial charge in [0.05, 0.1) is 16.8 Å². The number of fused-ring (bicyclic) bond motifs is 10. The second-order valence-electron chi connectivity index (χ2n) is 16.0. The number of hydrogen-bond donors (Lipinski definition) is 0. The zero-order valence-corrected chi connectivity index (χ0v) is 33.3. The molecule has 1 spiro atoms. The minimum atomic E-state index is -0.351. The van der Waals surface area contributed by atoms with Crippen molar-refractivity contribution in [1.82, 2.24) is 9.97 Å². The van der Waals surface area contributed by atoms with Gasteiger partial charge >= 0.3 is 0 Å². The maximum absolute atomic E-state index is 5.10. The molecule has 0 fully saturated rings. The fourth-order valence-electron chi connectivity index (χ4n) is 9.98. The van der Waals surface area contributed by atoms with Crippen LogP contribution in [0.2, 0.25) is 0 Å². The Balaban J connectivity index is 0.891. The molecule has 0 N–H and O–H groups in total. The molecule has 10 aromatic rings. The summed E-state index contributed by atoms with van der Waals surface area (Å²) >= 11 is 0. The van der Waals surface area contributed by atoms with Crippen LogP contribution >= 0.6 is 0 Å². The average Bonchev–Trinajstić information content (AvgIpc) is 3.82. The molecule has 0 amide bonds. The molecule has 1 aromatic heterocycles. The lowest BCUT2D eigenvalue weighted by Crippen LogP contribution is -2.25. The number of hydrogen-bond acceptors (Lipinski definition) is 2. The monoisotopic (exact) mass is 774 g/mol. The van der Waals surface area contributed by atoms with Crippen LogP contribution in [0.5, 0.6) is 0 Å². The van der Waals surface area contributed by atoms with E-state index in [1.54, 1.807) is 0 Å². The topological polar surface area (TPSA) is 25.8 Å². The third-order valence-electron chi connectivity index (χ3n) is 12.8. The zero-order chi connectivity index (χ0) is 40.3. The molecule has 284 valence electrons. The van der Waals surface area contributed by atoms with Gasteiger partial charge in [-0.3, -0.25) is 0 Å². The van der Waals surface area contributed by atoms with E-state index < -0.39 is 0 Å². The summed E-state index contributed by atoms with van der Waals surface area (Å²) in [5.74, 6) is 0.710. The van der Waals surface area contributed by atoms with Crippen LogP contribution in [0.4, 0.5) is 0 Å². The predicted molar refractivity (Wildman–Crippen MR) is 251 cm³/mol. The van der Waals surface area contributed by atoms with E-state index in [1.165, 1.54) is 72.3 Å². The second-order valence-corrected chi connectivity index (χ2v) is 16.0. The Morgan fingerprint density at radius 2 is 0.607 bits per heavy atom. The fourth-order valence-corrected chi connectivity index (χ4v) is 9.98. The van der Waals surface area contributed by atoms with Crippen LogP contribution in [0.3, 0.4) is 0 Å². The molecule has 2 nitrogen and oxygen atoms in total. The Bertz CT molecular complexity index is 3210. The number of benzene rings is 9. The molecule has 2 aliphatic carbocycles. The molecule has 0 unspecified atom stereocenters. The van der Waals surface area contributed by atoms with E-state index in [2.05, 4.69) is 206 Å². The molecule has 0 radical (unpaired) electrons. The summed E-state index contributed by atoms with van der Waals surface area (Å²) < 4.78 is 0. The molecule has 2 heteroatoms. The van der Waals surface area contributed by atoms with Crippen LogP contribution in [0.1, 0.15) is 22.3 Å². The van der Waals surface area contributed by atoms with E-state index >= 15 is 0 Å². The van der Waals surface area contributed by atoms with Crippen molar-refractivity contribution in [2.24, 2.45) is 0 Å². The van der Waals surface area contributed by atoms with Crippen LogP contribution in [0, 0.1) is 0 Å². The molecule has 61 heavy (non-hydrogen) atoms. The van der Waals surface area contributed by atoms with Crippen molar-refractivity contribution < 1.29 is 0 Å². The lowest BCUT2D eigenvalue weighted by molar-refractivity contribution is 0.794. The molecule has 1 heterocycles. The summed E-state index contributed by atoms with van der Waals surface area (Å²) in [5.41, 5.74) is 22.4. The van der Waals surface area contributed by atoms with Gasteiger partial charge in [-0.2, -0.15) is 0 Å². The Hall–Kier alpha value is -7.94. The van der Waals surface area contributed by atoms with E-state index in [0.717, 1.165) is 33.6 Å². The summed E-state index contributed by atoms with van der Waals surface area (Å²) in [7, 11) is 0. The van der Waals surface area contributed by atoms with Gasteiger partial charge in [-0.25, -0.2) is 9.97 Å². The minimum Gasteiger partial charge on any atom is -0.228 e. The molecular weight excluding hydrogens is 737 g/mol. The molecule has 12 rings (SSSR count). The summed E-state index contributed by atoms with van der Waals surface area (Å²) in [6.07, 6.45) is 0. The van der Waals surface area contributed by atoms with Crippen LogP contribution in [0.15, 0.2) is 231 Å². The molecule has 0 aliphatic heterocycles. The van der Waals surface area contributed by atoms with E-state index in [0.29, 0.717) is 5.82 Å². The molecular formula is C59H38N2. The van der Waals surface area contributed by atoms with E-state index in [-0.39, 0.29) is 5.41 Å². The highest BCUT2D eigenvalue weighted by Gasteiger charge is 2.51. The summed E-state index contributed by atoms with van der Waals surface area (Å²) in [6.45, 7) is 0. The second kappa shape index (κ2) is 14.1. The first kappa shape index (κ1) is 35.0. The normalized spacial score (nSPS) is 12.7. The van der Waals surface area contributed by atoms with Crippen LogP contribution in [-0.4, -0.2) is 9.97 Å². The van der Waals surface area contributed by atoms with Gasteiger partial charge in [0.15, 0.2) is 5.82 Å². The van der Waals surface area contributed by atoms with E-state index in [9.17, 15) is 0 Å². The van der Waals surface area contributed by atoms with Crippen molar-refractivity contribution >= 4 is 0 Å². The van der Waals surface area contributed by atoms with Gasteiger partial charge in [0, 0.05) is 16.7 Å². The van der Waals surface area contributed by atoms with Crippen molar-refractivity contribution in [2.45, 2.75) is 5.41 Å². The SMILES string of the molecule is c1ccc(-c2ccc(-c3cc(-c4ccc(-c5ccc(-c6cccc7c6-c6ccccc6C76c7ccccc7-c7ccccc76)cc5)cc4)nc(-c4ccccc4)n3)cc2)cc1. The van der Waals surface area contributed by atoms with Crippen molar-refractivity contribution in [2.75, 3.05) is 0 Å². The molecule has 0 bridgehead atoms. The Labute approximate surface area is 356 Å². The highest BCUT2D eigenvalue weighted by molar-refractivity contribution is 6.00. The van der Waals surface area contributed by atoms with Crippen molar-refractivity contribution in [3.05, 3.63) is 253 Å². The summed E-state index contributed by atoms with van der Waals surface area (Å²) in [6, 6.07) is 83.3. The molecule has 0 saturated carbocycles. The van der Waals surface area contributed by atoms with Gasteiger partial charge in [-0.15, -0.1) is 0 Å². The molecule has 0 atom stereocenters. The maximum atomic E-state index is 5.10. The molecule has 9 aromatic carbocycles. The largest absolute Gasteiger partial charge is 0.228 e. The third-order valence-corrected chi connectivity index (χ3v) is 12.8. The quantitative estimate of drug-likeness (QED) is 0.168. The first-order valence-corrected chi connectivity index (χ1v) is 21.0. The van der Waals surface area contributed by atoms with Crippen molar-refractivity contribution in [3.63, 3.8) is 0 Å². The predicted octanol–water partition coefficient (Wildman–Crippen LogP) is 14.8. The molecule has 0 saturated heterocycles. The standard InChI is InChI=1S/C59H38N2/c1-3-14-39(15-4-1)40-28-34-44(35-29-40)55-38-56(61-58(60-55)46-16-5-2-6-17-46)45-36-30-42(31-37-45)41-26-32-43(33-27-41)47-21-13-25-54-57(47)50-20-9-12-24-53(50)59(54)51-22-10-7-18-48(51)49-19-8-11-23-52(49)59/h1-38H. The maximum Gasteiger partial charge on any atom is 0.160 e. The average molecular weight is 775 g/mol. The van der Waals surface area contributed by atoms with Gasteiger partial charge in [0.2, 0.25) is 0 Å². The van der Waals surface area contributed by atoms with Crippen molar-refractivity contribution in [1.29, 1.82) is 0 Å². The Morgan fingerprint density at radius 1 is 0.246 bits per heavy atom. The highest BCUT2D eigenvalue weighted by atomic mass is 14.9. The first-order valence-electron chi connectivity index (χ1n) is 21.0. The third kappa shape index (κ3) is 5.57. The van der Waals surface area contributed by atoms with E-state index in [4.69, 9.17) is 9.97 Å². The number of aromatic nitrogens is 2. The Kier molecular flexibility index (Phi) is 8.11. The lowest BCUT2D eigenvalue weighted by atomic mass is 9.70. The smallest absolute Gasteiger partial charge is 0.160 e. The minimum absolute atomic E-state index is 0.351. The number of rotatable bonds is 6. The van der Waals surface area contributed by atoms with Gasteiger partial charge in [0.1, 0.15) is 0 Å². The van der Waals surface area contributed by atoms with Gasteiger partial charge in [-0.05, 0) is 84.0 Å². The summed E-state index contributed by atoms with van der Waals surface area (Å²) in [4.78, 5) is 10.2. The van der Waals surface area contributed by atoms with Crippen molar-refractivity contribution in [3.8, 4) is 89.5 Å². The number of nitrogens with zero attached hydrogens (tertiary/aromatic N) is 2. The van der Waals surface area contributed by atoms with Gasteiger partial charge in [0.25, 0.3) is 0 Å². The van der Waals surface area contributed by atoms with Crippen LogP contribution in [-0.2, 0) is 5.41 Å². The van der Waals surface area contributed by atoms with Gasteiger partial charge in [-0.1, -0.05) is 224 Å². The summed E-state index contributed by atoms with van der Waals surface area (Å²) in [5, 5.41) is 0. The van der Waals surface area contributed by atoms with E-state index in [1.807, 2.05) is 24.3 Å². The van der Waals surface area contributed by atoms with Crippen LogP contribution in [0.25, 0.3) is 89.5 Å². The van der Waals surface area contributed by atoms with Gasteiger partial charge < -0.3 is 0 Å². The zero-order valence-electron chi connectivity index (χ0n) is 33.3. The fraction of sp³-hybridized carbons (Fsp3) is 0.0169. The first-order chi connectivity index (χ1) is 30.2.